The molecule has 0 atom stereocenters. The summed E-state index contributed by atoms with van der Waals surface area (Å²) < 4.78 is 2.70. The van der Waals surface area contributed by atoms with E-state index in [1.54, 1.807) is 0 Å². The van der Waals surface area contributed by atoms with Gasteiger partial charge in [0.05, 0.1) is 0 Å². The molecule has 0 saturated carbocycles. The van der Waals surface area contributed by atoms with E-state index in [0.29, 0.717) is 0 Å². The molecule has 12 rings (SSSR count). The Kier molecular flexibility index (Phi) is 8.83. The molecular weight excluding hydrogens is 801 g/mol. The zero-order valence-corrected chi connectivity index (χ0v) is 38.1. The van der Waals surface area contributed by atoms with Crippen LogP contribution >= 0.6 is 11.3 Å². The van der Waals surface area contributed by atoms with Crippen molar-refractivity contribution >= 4 is 64.2 Å². The zero-order valence-electron chi connectivity index (χ0n) is 37.3. The van der Waals surface area contributed by atoms with Crippen molar-refractivity contribution in [1.82, 2.24) is 0 Å². The fourth-order valence-electron chi connectivity index (χ4n) is 11.4. The molecule has 65 heavy (non-hydrogen) atoms. The lowest BCUT2D eigenvalue weighted by atomic mass is 9.80. The van der Waals surface area contributed by atoms with Crippen LogP contribution in [-0.4, -0.2) is 0 Å². The molecule has 1 heterocycles. The van der Waals surface area contributed by atoms with Crippen LogP contribution in [0.15, 0.2) is 207 Å². The van der Waals surface area contributed by atoms with Crippen LogP contribution in [-0.2, 0) is 10.8 Å². The summed E-state index contributed by atoms with van der Waals surface area (Å²) in [5.41, 5.74) is 20.0. The highest BCUT2D eigenvalue weighted by atomic mass is 32.1. The fraction of sp³-hybridized carbons (Fsp3) is 0.0938. The van der Waals surface area contributed by atoms with Gasteiger partial charge < -0.3 is 0 Å². The lowest BCUT2D eigenvalue weighted by Gasteiger charge is -2.23. The number of benzene rings is 9. The van der Waals surface area contributed by atoms with E-state index in [1.165, 1.54) is 108 Å². The monoisotopic (exact) mass is 848 g/mol. The molecule has 0 aliphatic heterocycles. The van der Waals surface area contributed by atoms with Crippen LogP contribution in [0.5, 0.6) is 0 Å². The van der Waals surface area contributed by atoms with Crippen LogP contribution in [0.3, 0.4) is 0 Å². The quantitative estimate of drug-likeness (QED) is 0.140. The van der Waals surface area contributed by atoms with E-state index < -0.39 is 0 Å². The van der Waals surface area contributed by atoms with Gasteiger partial charge in [0.25, 0.3) is 0 Å². The Bertz CT molecular complexity index is 3740. The van der Waals surface area contributed by atoms with Gasteiger partial charge in [-0.3, -0.25) is 0 Å². The van der Waals surface area contributed by atoms with Gasteiger partial charge in [-0.15, -0.1) is 11.3 Å². The summed E-state index contributed by atoms with van der Waals surface area (Å²) in [7, 11) is 0. The van der Waals surface area contributed by atoms with E-state index >= 15 is 0 Å². The number of fused-ring (bicyclic) bond motifs is 12. The van der Waals surface area contributed by atoms with E-state index in [4.69, 9.17) is 0 Å². The highest BCUT2D eigenvalue weighted by Crippen LogP contribution is 2.54. The van der Waals surface area contributed by atoms with Gasteiger partial charge in [-0.1, -0.05) is 193 Å². The molecule has 0 unspecified atom stereocenters. The lowest BCUT2D eigenvalue weighted by Crippen LogP contribution is -2.15. The van der Waals surface area contributed by atoms with Gasteiger partial charge in [-0.25, -0.2) is 0 Å². The standard InChI is InChI=1S/C64H48S/c1-7-16-44(47-21-11-12-22-49(47)46(17-8-2)48-24-15-19-39-18-9-10-20-45(39)48)42-28-32-56-53(35-42)50-30-26-41(36-58(50)63(56,3)4)40-27-31-57-54(34-40)55-38-52-43(37-59(55)64(57,5)6)29-33-61-62(52)51-23-13-14-25-60(51)65-61/h7-38H,1-2H2,3-6H3/b44-16+,46-17+. The Morgan fingerprint density at radius 1 is 0.415 bits per heavy atom. The van der Waals surface area contributed by atoms with E-state index in [-0.39, 0.29) is 10.8 Å². The van der Waals surface area contributed by atoms with Crippen LogP contribution in [0.2, 0.25) is 0 Å². The fourth-order valence-corrected chi connectivity index (χ4v) is 12.5. The third kappa shape index (κ3) is 5.89. The van der Waals surface area contributed by atoms with Gasteiger partial charge in [0.1, 0.15) is 0 Å². The normalized spacial score (nSPS) is 14.7. The minimum atomic E-state index is -0.174. The molecular formula is C64H48S. The van der Waals surface area contributed by atoms with Crippen molar-refractivity contribution in [3.05, 3.63) is 252 Å². The van der Waals surface area contributed by atoms with Gasteiger partial charge in [-0.05, 0) is 153 Å². The summed E-state index contributed by atoms with van der Waals surface area (Å²) in [4.78, 5) is 0. The molecule has 0 amide bonds. The Morgan fingerprint density at radius 3 is 1.82 bits per heavy atom. The second-order valence-corrected chi connectivity index (χ2v) is 20.0. The first kappa shape index (κ1) is 39.3. The summed E-state index contributed by atoms with van der Waals surface area (Å²) in [6, 6.07) is 63.9. The van der Waals surface area contributed by atoms with Gasteiger partial charge in [0, 0.05) is 31.0 Å². The summed E-state index contributed by atoms with van der Waals surface area (Å²) in [5.74, 6) is 0. The third-order valence-corrected chi connectivity index (χ3v) is 15.8. The van der Waals surface area contributed by atoms with E-state index in [9.17, 15) is 0 Å². The SMILES string of the molecule is C=C/C=C(/c1ccccc1/C(=C/C=C)c1ccc2c(c1)-c1ccc(-c3ccc4c(c3)-c3cc5c(ccc6sc7ccccc7c65)cc3C4(C)C)cc1C2(C)C)c1cccc2ccccc12. The smallest absolute Gasteiger partial charge is 0.0361 e. The molecule has 0 radical (unpaired) electrons. The average Bonchev–Trinajstić information content (AvgIpc) is 3.90. The lowest BCUT2D eigenvalue weighted by molar-refractivity contribution is 0.660. The topological polar surface area (TPSA) is 0 Å². The van der Waals surface area contributed by atoms with Crippen molar-refractivity contribution in [1.29, 1.82) is 0 Å². The molecule has 310 valence electrons. The molecule has 0 N–H and O–H groups in total. The Labute approximate surface area is 385 Å². The first-order valence-corrected chi connectivity index (χ1v) is 23.5. The Morgan fingerprint density at radius 2 is 1.02 bits per heavy atom. The van der Waals surface area contributed by atoms with E-state index in [2.05, 4.69) is 223 Å². The highest BCUT2D eigenvalue weighted by Gasteiger charge is 2.38. The van der Waals surface area contributed by atoms with Crippen LogP contribution in [0, 0.1) is 0 Å². The van der Waals surface area contributed by atoms with Crippen molar-refractivity contribution in [2.75, 3.05) is 0 Å². The maximum atomic E-state index is 4.20. The second-order valence-electron chi connectivity index (χ2n) is 18.9. The molecule has 0 saturated heterocycles. The maximum Gasteiger partial charge on any atom is 0.0361 e. The van der Waals surface area contributed by atoms with Crippen LogP contribution in [0.4, 0.5) is 0 Å². The van der Waals surface area contributed by atoms with Crippen LogP contribution < -0.4 is 0 Å². The molecule has 1 aromatic heterocycles. The summed E-state index contributed by atoms with van der Waals surface area (Å²) >= 11 is 1.89. The van der Waals surface area contributed by atoms with Gasteiger partial charge in [0.15, 0.2) is 0 Å². The average molecular weight is 849 g/mol. The highest BCUT2D eigenvalue weighted by molar-refractivity contribution is 7.26. The molecule has 0 bridgehead atoms. The first-order chi connectivity index (χ1) is 31.6. The molecule has 0 fully saturated rings. The van der Waals surface area contributed by atoms with Crippen molar-refractivity contribution in [3.63, 3.8) is 0 Å². The van der Waals surface area contributed by atoms with Crippen LogP contribution in [0.1, 0.15) is 72.2 Å². The third-order valence-electron chi connectivity index (χ3n) is 14.6. The summed E-state index contributed by atoms with van der Waals surface area (Å²) in [6.07, 6.45) is 8.14. The Hall–Kier alpha value is -7.32. The Balaban J connectivity index is 0.947. The number of thiophene rings is 1. The largest absolute Gasteiger partial charge is 0.135 e. The van der Waals surface area contributed by atoms with Crippen LogP contribution in [0.25, 0.3) is 86.2 Å². The van der Waals surface area contributed by atoms with Gasteiger partial charge in [-0.2, -0.15) is 0 Å². The molecule has 0 nitrogen and oxygen atoms in total. The number of rotatable bonds is 7. The number of hydrogen-bond acceptors (Lipinski definition) is 1. The molecule has 9 aromatic carbocycles. The second kappa shape index (κ2) is 14.6. The first-order valence-electron chi connectivity index (χ1n) is 22.7. The molecule has 0 spiro atoms. The van der Waals surface area contributed by atoms with Gasteiger partial charge in [0.2, 0.25) is 0 Å². The van der Waals surface area contributed by atoms with Crippen molar-refractivity contribution in [3.8, 4) is 33.4 Å². The molecule has 2 aliphatic rings. The zero-order chi connectivity index (χ0) is 44.2. The van der Waals surface area contributed by atoms with E-state index in [0.717, 1.165) is 22.3 Å². The summed E-state index contributed by atoms with van der Waals surface area (Å²) in [5, 5.41) is 7.83. The molecule has 1 heteroatoms. The number of allylic oxidation sites excluding steroid dienone is 4. The predicted octanol–water partition coefficient (Wildman–Crippen LogP) is 17.9. The predicted molar refractivity (Wildman–Crippen MR) is 282 cm³/mol. The minimum absolute atomic E-state index is 0.0961. The van der Waals surface area contributed by atoms with E-state index in [1.807, 2.05) is 23.5 Å². The van der Waals surface area contributed by atoms with Crippen molar-refractivity contribution in [2.45, 2.75) is 38.5 Å². The summed E-state index contributed by atoms with van der Waals surface area (Å²) in [6.45, 7) is 17.9. The molecule has 2 aliphatic carbocycles. The van der Waals surface area contributed by atoms with Crippen molar-refractivity contribution < 1.29 is 0 Å². The maximum absolute atomic E-state index is 4.20. The van der Waals surface area contributed by atoms with Gasteiger partial charge >= 0.3 is 0 Å². The molecule has 10 aromatic rings. The minimum Gasteiger partial charge on any atom is -0.135 e. The number of hydrogen-bond donors (Lipinski definition) is 0. The van der Waals surface area contributed by atoms with Crippen molar-refractivity contribution in [2.24, 2.45) is 0 Å².